The van der Waals surface area contributed by atoms with E-state index in [9.17, 15) is 9.59 Å². The Kier molecular flexibility index (Phi) is 7.58. The Morgan fingerprint density at radius 2 is 1.43 bits per heavy atom. The molecule has 3 aromatic rings. The van der Waals surface area contributed by atoms with Gasteiger partial charge in [0.25, 0.3) is 11.8 Å². The molecule has 9 heteroatoms. The molecule has 0 saturated heterocycles. The van der Waals surface area contributed by atoms with E-state index < -0.39 is 11.8 Å². The molecule has 2 amide bonds. The Labute approximate surface area is 186 Å². The van der Waals surface area contributed by atoms with Gasteiger partial charge in [0.2, 0.25) is 0 Å². The van der Waals surface area contributed by atoms with E-state index in [0.29, 0.717) is 11.5 Å². The number of ether oxygens (including phenoxy) is 2. The second-order valence-electron chi connectivity index (χ2n) is 6.09. The fourth-order valence-corrected chi connectivity index (χ4v) is 2.87. The van der Waals surface area contributed by atoms with Crippen molar-refractivity contribution >= 4 is 55.8 Å². The summed E-state index contributed by atoms with van der Waals surface area (Å²) in [5.41, 5.74) is 4.78. The molecule has 3 N–H and O–H groups in total. The second-order valence-corrected chi connectivity index (χ2v) is 7.41. The number of benzene rings is 3. The van der Waals surface area contributed by atoms with Gasteiger partial charge in [0.1, 0.15) is 11.5 Å². The van der Waals surface area contributed by atoms with Crippen LogP contribution in [0.4, 0.5) is 0 Å². The van der Waals surface area contributed by atoms with E-state index >= 15 is 0 Å². The summed E-state index contributed by atoms with van der Waals surface area (Å²) in [4.78, 5) is 23.8. The number of carbonyl (C=O) groups is 2. The third-order valence-corrected chi connectivity index (χ3v) is 4.58. The van der Waals surface area contributed by atoms with Crippen molar-refractivity contribution in [2.24, 2.45) is 0 Å². The first kappa shape index (κ1) is 21.5. The topological polar surface area (TPSA) is 88.7 Å². The molecule has 0 bridgehead atoms. The average molecular weight is 488 g/mol. The lowest BCUT2D eigenvalue weighted by Crippen LogP contribution is -2.50. The molecule has 0 radical (unpaired) electrons. The van der Waals surface area contributed by atoms with Crippen LogP contribution in [0.5, 0.6) is 11.5 Å². The Morgan fingerprint density at radius 3 is 2.20 bits per heavy atom. The van der Waals surface area contributed by atoms with Gasteiger partial charge >= 0.3 is 0 Å². The van der Waals surface area contributed by atoms with Crippen LogP contribution < -0.4 is 25.6 Å². The van der Waals surface area contributed by atoms with Crippen LogP contribution in [0.1, 0.15) is 0 Å². The van der Waals surface area contributed by atoms with Gasteiger partial charge in [-0.1, -0.05) is 46.3 Å². The van der Waals surface area contributed by atoms with Gasteiger partial charge in [-0.05, 0) is 59.4 Å². The van der Waals surface area contributed by atoms with E-state index in [1.165, 1.54) is 0 Å². The molecule has 0 spiro atoms. The highest BCUT2D eigenvalue weighted by Gasteiger charge is 2.08. The number of amides is 2. The molecule has 3 aromatic carbocycles. The molecule has 0 fully saturated rings. The Hall–Kier alpha value is -3.17. The van der Waals surface area contributed by atoms with Gasteiger partial charge in [-0.25, -0.2) is 0 Å². The van der Waals surface area contributed by atoms with Crippen LogP contribution in [0.2, 0.25) is 0 Å². The summed E-state index contributed by atoms with van der Waals surface area (Å²) in [6.07, 6.45) is 0. The number of rotatable bonds is 6. The van der Waals surface area contributed by atoms with Gasteiger partial charge in [0.15, 0.2) is 18.3 Å². The van der Waals surface area contributed by atoms with Crippen molar-refractivity contribution in [3.05, 3.63) is 71.2 Å². The van der Waals surface area contributed by atoms with Gasteiger partial charge in [-0.3, -0.25) is 25.8 Å². The molecule has 0 unspecified atom stereocenters. The molecule has 0 saturated carbocycles. The lowest BCUT2D eigenvalue weighted by molar-refractivity contribution is -0.124. The van der Waals surface area contributed by atoms with E-state index in [2.05, 4.69) is 32.1 Å². The fourth-order valence-electron chi connectivity index (χ4n) is 2.44. The number of fused-ring (bicyclic) bond motifs is 1. The molecular formula is C21H18BrN3O4S. The van der Waals surface area contributed by atoms with Crippen LogP contribution in [-0.2, 0) is 9.59 Å². The Morgan fingerprint density at radius 1 is 0.800 bits per heavy atom. The number of thiocarbonyl (C=S) groups is 1. The number of halogens is 1. The second kappa shape index (κ2) is 10.6. The first-order valence-corrected chi connectivity index (χ1v) is 10.1. The summed E-state index contributed by atoms with van der Waals surface area (Å²) in [7, 11) is 0. The third kappa shape index (κ3) is 6.71. The van der Waals surface area contributed by atoms with E-state index in [4.69, 9.17) is 21.7 Å². The number of hydrogen-bond donors (Lipinski definition) is 3. The number of hydrogen-bond acceptors (Lipinski definition) is 5. The average Bonchev–Trinajstić information content (AvgIpc) is 2.75. The molecule has 30 heavy (non-hydrogen) atoms. The zero-order chi connectivity index (χ0) is 21.3. The standard InChI is InChI=1S/C21H18BrN3O4S/c22-16-6-9-17(10-7-16)28-13-20(27)24-25-21(30)23-19(26)12-29-18-8-5-14-3-1-2-4-15(14)11-18/h1-11H,12-13H2,(H,24,27)(H2,23,25,26,30). The largest absolute Gasteiger partial charge is 0.484 e. The maximum Gasteiger partial charge on any atom is 0.276 e. The minimum Gasteiger partial charge on any atom is -0.484 e. The summed E-state index contributed by atoms with van der Waals surface area (Å²) in [6.45, 7) is -0.433. The zero-order valence-electron chi connectivity index (χ0n) is 15.7. The molecule has 0 atom stereocenters. The molecule has 7 nitrogen and oxygen atoms in total. The zero-order valence-corrected chi connectivity index (χ0v) is 18.1. The minimum atomic E-state index is -0.457. The Bertz CT molecular complexity index is 1060. The smallest absolute Gasteiger partial charge is 0.276 e. The fraction of sp³-hybridized carbons (Fsp3) is 0.0952. The summed E-state index contributed by atoms with van der Waals surface area (Å²) < 4.78 is 11.7. The van der Waals surface area contributed by atoms with Crippen LogP contribution in [-0.4, -0.2) is 30.1 Å². The van der Waals surface area contributed by atoms with Crippen LogP contribution in [0.25, 0.3) is 10.8 Å². The molecule has 3 rings (SSSR count). The summed E-state index contributed by atoms with van der Waals surface area (Å²) >= 11 is 8.29. The lowest BCUT2D eigenvalue weighted by Gasteiger charge is -2.12. The van der Waals surface area contributed by atoms with Gasteiger partial charge in [0.05, 0.1) is 0 Å². The summed E-state index contributed by atoms with van der Waals surface area (Å²) in [6, 6.07) is 20.5. The highest BCUT2D eigenvalue weighted by atomic mass is 79.9. The summed E-state index contributed by atoms with van der Waals surface area (Å²) in [5.74, 6) is 0.208. The van der Waals surface area contributed by atoms with Crippen LogP contribution in [0, 0.1) is 0 Å². The predicted molar refractivity (Wildman–Crippen MR) is 121 cm³/mol. The molecule has 0 aromatic heterocycles. The van der Waals surface area contributed by atoms with E-state index in [-0.39, 0.29) is 18.3 Å². The molecule has 0 aliphatic rings. The molecular weight excluding hydrogens is 470 g/mol. The third-order valence-electron chi connectivity index (χ3n) is 3.84. The highest BCUT2D eigenvalue weighted by Crippen LogP contribution is 2.20. The monoisotopic (exact) mass is 487 g/mol. The van der Waals surface area contributed by atoms with Crippen molar-refractivity contribution < 1.29 is 19.1 Å². The van der Waals surface area contributed by atoms with Crippen molar-refractivity contribution in [2.45, 2.75) is 0 Å². The van der Waals surface area contributed by atoms with Crippen molar-refractivity contribution in [3.8, 4) is 11.5 Å². The Balaban J connectivity index is 1.35. The van der Waals surface area contributed by atoms with E-state index in [1.807, 2.05) is 36.4 Å². The number of nitrogens with one attached hydrogen (secondary N) is 3. The van der Waals surface area contributed by atoms with Crippen LogP contribution >= 0.6 is 28.1 Å². The SMILES string of the molecule is O=C(COc1ccc(Br)cc1)NNC(=S)NC(=O)COc1ccc2ccccc2c1. The quantitative estimate of drug-likeness (QED) is 0.365. The highest BCUT2D eigenvalue weighted by molar-refractivity contribution is 9.10. The van der Waals surface area contributed by atoms with Gasteiger partial charge in [0, 0.05) is 4.47 Å². The van der Waals surface area contributed by atoms with Crippen molar-refractivity contribution in [3.63, 3.8) is 0 Å². The van der Waals surface area contributed by atoms with Crippen molar-refractivity contribution in [2.75, 3.05) is 13.2 Å². The van der Waals surface area contributed by atoms with Crippen LogP contribution in [0.15, 0.2) is 71.2 Å². The maximum atomic E-state index is 12.0. The number of hydrazine groups is 1. The lowest BCUT2D eigenvalue weighted by atomic mass is 10.1. The molecule has 0 heterocycles. The van der Waals surface area contributed by atoms with Crippen molar-refractivity contribution in [1.29, 1.82) is 0 Å². The first-order chi connectivity index (χ1) is 14.5. The van der Waals surface area contributed by atoms with Crippen LogP contribution in [0.3, 0.4) is 0 Å². The van der Waals surface area contributed by atoms with E-state index in [1.54, 1.807) is 30.3 Å². The van der Waals surface area contributed by atoms with Gasteiger partial charge < -0.3 is 9.47 Å². The first-order valence-electron chi connectivity index (χ1n) is 8.88. The molecule has 154 valence electrons. The maximum absolute atomic E-state index is 12.0. The minimum absolute atomic E-state index is 0.0564. The molecule has 0 aliphatic heterocycles. The van der Waals surface area contributed by atoms with E-state index in [0.717, 1.165) is 15.2 Å². The molecule has 0 aliphatic carbocycles. The van der Waals surface area contributed by atoms with Gasteiger partial charge in [-0.15, -0.1) is 0 Å². The summed E-state index contributed by atoms with van der Waals surface area (Å²) in [5, 5.41) is 4.46. The van der Waals surface area contributed by atoms with Crippen molar-refractivity contribution in [1.82, 2.24) is 16.2 Å². The predicted octanol–water partition coefficient (Wildman–Crippen LogP) is 3.08. The number of carbonyl (C=O) groups excluding carboxylic acids is 2. The van der Waals surface area contributed by atoms with Gasteiger partial charge in [-0.2, -0.15) is 0 Å². The normalized spacial score (nSPS) is 10.2.